The van der Waals surface area contributed by atoms with Gasteiger partial charge < -0.3 is 9.80 Å². The lowest BCUT2D eigenvalue weighted by Gasteiger charge is -2.25. The van der Waals surface area contributed by atoms with Crippen LogP contribution >= 0.6 is 0 Å². The molecule has 0 radical (unpaired) electrons. The number of fused-ring (bicyclic) bond motifs is 1. The summed E-state index contributed by atoms with van der Waals surface area (Å²) in [4.78, 5) is 19.8. The van der Waals surface area contributed by atoms with E-state index in [0.717, 1.165) is 38.3 Å². The van der Waals surface area contributed by atoms with E-state index in [1.54, 1.807) is 6.20 Å². The molecule has 0 spiro atoms. The fourth-order valence-electron chi connectivity index (χ4n) is 5.19. The Balaban J connectivity index is 1.21. The van der Waals surface area contributed by atoms with Gasteiger partial charge in [0, 0.05) is 57.7 Å². The maximum absolute atomic E-state index is 12.7. The van der Waals surface area contributed by atoms with Crippen molar-refractivity contribution in [3.8, 4) is 0 Å². The number of para-hydroxylation sites is 1. The summed E-state index contributed by atoms with van der Waals surface area (Å²) in [5, 5.41) is 4.18. The Morgan fingerprint density at radius 1 is 1.07 bits per heavy atom. The van der Waals surface area contributed by atoms with E-state index in [9.17, 15) is 4.79 Å². The van der Waals surface area contributed by atoms with Gasteiger partial charge in [-0.15, -0.1) is 0 Å². The standard InChI is InChI=1S/C22H29N5O/c1-17-10-23-27(11-17)22(28)26-15-19-13-24(14-20(19)16-26)12-18-6-2-3-7-21(18)25-8-4-5-9-25/h2-3,6-7,10-11,19-20H,4-5,8-9,12-16H2,1H3. The number of anilines is 1. The summed E-state index contributed by atoms with van der Waals surface area (Å²) in [6.07, 6.45) is 6.18. The van der Waals surface area contributed by atoms with Crippen LogP contribution in [0.2, 0.25) is 0 Å². The van der Waals surface area contributed by atoms with Crippen molar-refractivity contribution in [2.24, 2.45) is 11.8 Å². The Morgan fingerprint density at radius 3 is 2.46 bits per heavy atom. The molecule has 1 aromatic carbocycles. The molecule has 2 atom stereocenters. The van der Waals surface area contributed by atoms with Crippen molar-refractivity contribution >= 4 is 11.7 Å². The second-order valence-electron chi connectivity index (χ2n) is 8.69. The first kappa shape index (κ1) is 17.7. The number of hydrogen-bond acceptors (Lipinski definition) is 4. The van der Waals surface area contributed by atoms with E-state index in [0.29, 0.717) is 11.8 Å². The summed E-state index contributed by atoms with van der Waals surface area (Å²) in [6, 6.07) is 8.92. The van der Waals surface area contributed by atoms with Crippen molar-refractivity contribution in [2.45, 2.75) is 26.3 Å². The van der Waals surface area contributed by atoms with Gasteiger partial charge in [0.2, 0.25) is 0 Å². The van der Waals surface area contributed by atoms with Crippen molar-refractivity contribution in [2.75, 3.05) is 44.2 Å². The van der Waals surface area contributed by atoms with Crippen LogP contribution in [0, 0.1) is 18.8 Å². The summed E-state index contributed by atoms with van der Waals surface area (Å²) in [5.74, 6) is 1.17. The molecule has 3 saturated heterocycles. The third-order valence-corrected chi connectivity index (χ3v) is 6.57. The average Bonchev–Trinajstić information content (AvgIpc) is 3.46. The zero-order valence-electron chi connectivity index (χ0n) is 16.6. The molecule has 1 amide bonds. The van der Waals surface area contributed by atoms with Gasteiger partial charge in [-0.3, -0.25) is 4.90 Å². The van der Waals surface area contributed by atoms with E-state index in [2.05, 4.69) is 39.2 Å². The highest BCUT2D eigenvalue weighted by molar-refractivity contribution is 5.76. The predicted molar refractivity (Wildman–Crippen MR) is 109 cm³/mol. The third kappa shape index (κ3) is 3.30. The van der Waals surface area contributed by atoms with Crippen LogP contribution in [0.4, 0.5) is 10.5 Å². The highest BCUT2D eigenvalue weighted by Gasteiger charge is 2.42. The summed E-state index contributed by atoms with van der Waals surface area (Å²) >= 11 is 0. The first-order chi connectivity index (χ1) is 13.7. The maximum Gasteiger partial charge on any atom is 0.344 e. The highest BCUT2D eigenvalue weighted by Crippen LogP contribution is 2.34. The van der Waals surface area contributed by atoms with E-state index >= 15 is 0 Å². The lowest BCUT2D eigenvalue weighted by molar-refractivity contribution is 0.197. The highest BCUT2D eigenvalue weighted by atomic mass is 16.2. The Hall–Kier alpha value is -2.34. The van der Waals surface area contributed by atoms with E-state index < -0.39 is 0 Å². The van der Waals surface area contributed by atoms with Gasteiger partial charge in [0.1, 0.15) is 0 Å². The molecule has 6 heteroatoms. The van der Waals surface area contributed by atoms with Crippen molar-refractivity contribution in [1.82, 2.24) is 19.6 Å². The van der Waals surface area contributed by atoms with Crippen LogP contribution in [0.1, 0.15) is 24.0 Å². The molecule has 5 rings (SSSR count). The number of nitrogens with zero attached hydrogens (tertiary/aromatic N) is 5. The number of benzene rings is 1. The Kier molecular flexibility index (Phi) is 4.59. The third-order valence-electron chi connectivity index (χ3n) is 6.57. The Labute approximate surface area is 166 Å². The van der Waals surface area contributed by atoms with Gasteiger partial charge in [-0.25, -0.2) is 4.79 Å². The summed E-state index contributed by atoms with van der Waals surface area (Å²) < 4.78 is 1.49. The number of rotatable bonds is 3. The van der Waals surface area contributed by atoms with Gasteiger partial charge in [0.25, 0.3) is 0 Å². The maximum atomic E-state index is 12.7. The van der Waals surface area contributed by atoms with Gasteiger partial charge >= 0.3 is 6.03 Å². The fraction of sp³-hybridized carbons (Fsp3) is 0.545. The molecule has 6 nitrogen and oxygen atoms in total. The van der Waals surface area contributed by atoms with Crippen LogP contribution in [0.15, 0.2) is 36.7 Å². The van der Waals surface area contributed by atoms with E-state index in [1.807, 2.05) is 18.0 Å². The molecule has 28 heavy (non-hydrogen) atoms. The number of amides is 1. The molecule has 0 saturated carbocycles. The topological polar surface area (TPSA) is 44.6 Å². The SMILES string of the molecule is Cc1cnn(C(=O)N2CC3CN(Cc4ccccc4N4CCCC4)CC3C2)c1. The largest absolute Gasteiger partial charge is 0.371 e. The van der Waals surface area contributed by atoms with Gasteiger partial charge in [-0.2, -0.15) is 9.78 Å². The second-order valence-corrected chi connectivity index (χ2v) is 8.69. The minimum absolute atomic E-state index is 0.0217. The first-order valence-electron chi connectivity index (χ1n) is 10.5. The minimum Gasteiger partial charge on any atom is -0.371 e. The van der Waals surface area contributed by atoms with Gasteiger partial charge in [0.15, 0.2) is 0 Å². The van der Waals surface area contributed by atoms with Crippen molar-refractivity contribution < 1.29 is 4.79 Å². The average molecular weight is 380 g/mol. The van der Waals surface area contributed by atoms with Gasteiger partial charge in [0.05, 0.1) is 6.20 Å². The predicted octanol–water partition coefficient (Wildman–Crippen LogP) is 2.82. The normalized spacial score (nSPS) is 24.9. The number of hydrogen-bond donors (Lipinski definition) is 0. The molecule has 4 heterocycles. The zero-order valence-corrected chi connectivity index (χ0v) is 16.6. The first-order valence-corrected chi connectivity index (χ1v) is 10.5. The zero-order chi connectivity index (χ0) is 19.1. The molecule has 3 aliphatic rings. The number of aromatic nitrogens is 2. The summed E-state index contributed by atoms with van der Waals surface area (Å²) in [7, 11) is 0. The van der Waals surface area contributed by atoms with Crippen molar-refractivity contribution in [1.29, 1.82) is 0 Å². The van der Waals surface area contributed by atoms with Crippen molar-refractivity contribution in [3.63, 3.8) is 0 Å². The molecule has 0 aliphatic carbocycles. The fourth-order valence-corrected chi connectivity index (χ4v) is 5.19. The molecule has 2 aromatic rings. The van der Waals surface area contributed by atoms with Crippen LogP contribution < -0.4 is 4.90 Å². The van der Waals surface area contributed by atoms with Crippen LogP contribution in [0.5, 0.6) is 0 Å². The Morgan fingerprint density at radius 2 is 1.79 bits per heavy atom. The molecule has 3 aliphatic heterocycles. The van der Waals surface area contributed by atoms with Crippen LogP contribution in [0.3, 0.4) is 0 Å². The molecular weight excluding hydrogens is 350 g/mol. The molecule has 3 fully saturated rings. The van der Waals surface area contributed by atoms with Crippen LogP contribution in [-0.2, 0) is 6.54 Å². The minimum atomic E-state index is 0.0217. The molecule has 1 aromatic heterocycles. The number of likely N-dealkylation sites (tertiary alicyclic amines) is 2. The smallest absolute Gasteiger partial charge is 0.344 e. The van der Waals surface area contributed by atoms with Gasteiger partial charge in [-0.05, 0) is 48.8 Å². The van der Waals surface area contributed by atoms with Crippen molar-refractivity contribution in [3.05, 3.63) is 47.8 Å². The monoisotopic (exact) mass is 379 g/mol. The number of aryl methyl sites for hydroxylation is 1. The lowest BCUT2D eigenvalue weighted by atomic mass is 10.0. The lowest BCUT2D eigenvalue weighted by Crippen LogP contribution is -2.36. The molecule has 0 N–H and O–H groups in total. The summed E-state index contributed by atoms with van der Waals surface area (Å²) in [6.45, 7) is 9.24. The molecular formula is C22H29N5O. The number of carbonyl (C=O) groups excluding carboxylic acids is 1. The van der Waals surface area contributed by atoms with E-state index in [4.69, 9.17) is 0 Å². The Bertz CT molecular complexity index is 842. The number of carbonyl (C=O) groups is 1. The van der Waals surface area contributed by atoms with Crippen LogP contribution in [-0.4, -0.2) is 64.9 Å². The molecule has 2 unspecified atom stereocenters. The van der Waals surface area contributed by atoms with Crippen LogP contribution in [0.25, 0.3) is 0 Å². The molecule has 0 bridgehead atoms. The molecule has 148 valence electrons. The van der Waals surface area contributed by atoms with Gasteiger partial charge in [-0.1, -0.05) is 18.2 Å². The second kappa shape index (κ2) is 7.24. The van der Waals surface area contributed by atoms with E-state index in [-0.39, 0.29) is 6.03 Å². The quantitative estimate of drug-likeness (QED) is 0.823. The van der Waals surface area contributed by atoms with E-state index in [1.165, 1.54) is 41.9 Å². The summed E-state index contributed by atoms with van der Waals surface area (Å²) in [5.41, 5.74) is 3.89.